The molecule has 3 heteroatoms. The van der Waals surface area contributed by atoms with E-state index in [9.17, 15) is 9.59 Å². The number of Topliss-reactive ketones (excluding diaryl/α,β-unsaturated/α-hetero) is 1. The summed E-state index contributed by atoms with van der Waals surface area (Å²) in [5, 5.41) is 0. The molecule has 0 saturated heterocycles. The lowest BCUT2D eigenvalue weighted by atomic mass is 9.79. The van der Waals surface area contributed by atoms with Gasteiger partial charge in [-0.1, -0.05) is 13.8 Å². The first-order chi connectivity index (χ1) is 6.50. The van der Waals surface area contributed by atoms with Crippen molar-refractivity contribution < 1.29 is 14.3 Å². The maximum absolute atomic E-state index is 11.5. The third kappa shape index (κ3) is 2.82. The average molecular weight is 198 g/mol. The van der Waals surface area contributed by atoms with Crippen molar-refractivity contribution in [3.8, 4) is 0 Å². The molecule has 3 nitrogen and oxygen atoms in total. The SMILES string of the molecule is CC(=O)OC1CCC(=O)C(C(C)C)C1. The van der Waals surface area contributed by atoms with Gasteiger partial charge in [0.15, 0.2) is 0 Å². The molecule has 1 aliphatic rings. The van der Waals surface area contributed by atoms with Crippen LogP contribution in [-0.2, 0) is 14.3 Å². The Morgan fingerprint density at radius 2 is 2.14 bits per heavy atom. The number of ether oxygens (including phenoxy) is 1. The Labute approximate surface area is 84.8 Å². The Morgan fingerprint density at radius 3 is 2.64 bits per heavy atom. The Morgan fingerprint density at radius 1 is 1.50 bits per heavy atom. The molecule has 0 aliphatic heterocycles. The molecule has 80 valence electrons. The predicted molar refractivity (Wildman–Crippen MR) is 52.7 cm³/mol. The Balaban J connectivity index is 2.53. The van der Waals surface area contributed by atoms with Crippen LogP contribution < -0.4 is 0 Å². The summed E-state index contributed by atoms with van der Waals surface area (Å²) in [4.78, 5) is 22.3. The number of carbonyl (C=O) groups is 2. The number of hydrogen-bond donors (Lipinski definition) is 0. The first-order valence-electron chi connectivity index (χ1n) is 5.20. The zero-order chi connectivity index (χ0) is 10.7. The van der Waals surface area contributed by atoms with Gasteiger partial charge in [-0.2, -0.15) is 0 Å². The summed E-state index contributed by atoms with van der Waals surface area (Å²) in [6, 6.07) is 0. The smallest absolute Gasteiger partial charge is 0.302 e. The lowest BCUT2D eigenvalue weighted by Gasteiger charge is -2.29. The van der Waals surface area contributed by atoms with Crippen molar-refractivity contribution in [3.05, 3.63) is 0 Å². The summed E-state index contributed by atoms with van der Waals surface area (Å²) in [6.45, 7) is 5.50. The monoisotopic (exact) mass is 198 g/mol. The molecule has 2 atom stereocenters. The van der Waals surface area contributed by atoms with Crippen molar-refractivity contribution in [1.82, 2.24) is 0 Å². The Kier molecular flexibility index (Phi) is 3.67. The average Bonchev–Trinajstić information content (AvgIpc) is 2.07. The number of carbonyl (C=O) groups excluding carboxylic acids is 2. The van der Waals surface area contributed by atoms with Gasteiger partial charge in [0.2, 0.25) is 0 Å². The highest BCUT2D eigenvalue weighted by Crippen LogP contribution is 2.28. The second-order valence-electron chi connectivity index (χ2n) is 4.32. The molecule has 1 fully saturated rings. The minimum Gasteiger partial charge on any atom is -0.463 e. The topological polar surface area (TPSA) is 43.4 Å². The number of ketones is 1. The maximum atomic E-state index is 11.5. The van der Waals surface area contributed by atoms with Gasteiger partial charge in [-0.3, -0.25) is 9.59 Å². The third-order valence-corrected chi connectivity index (χ3v) is 2.78. The zero-order valence-corrected chi connectivity index (χ0v) is 9.08. The van der Waals surface area contributed by atoms with E-state index in [1.165, 1.54) is 6.92 Å². The second-order valence-corrected chi connectivity index (χ2v) is 4.32. The van der Waals surface area contributed by atoms with E-state index in [1.54, 1.807) is 0 Å². The van der Waals surface area contributed by atoms with Crippen molar-refractivity contribution in [2.75, 3.05) is 0 Å². The van der Waals surface area contributed by atoms with Crippen LogP contribution in [0.5, 0.6) is 0 Å². The molecule has 0 spiro atoms. The van der Waals surface area contributed by atoms with Crippen LogP contribution in [0.4, 0.5) is 0 Å². The van der Waals surface area contributed by atoms with E-state index in [4.69, 9.17) is 4.74 Å². The minimum atomic E-state index is -0.244. The molecule has 1 saturated carbocycles. The molecule has 0 aromatic rings. The predicted octanol–water partition coefficient (Wildman–Crippen LogP) is 1.94. The Hall–Kier alpha value is -0.860. The molecule has 2 unspecified atom stereocenters. The minimum absolute atomic E-state index is 0.0439. The highest BCUT2D eigenvalue weighted by atomic mass is 16.5. The van der Waals surface area contributed by atoms with Gasteiger partial charge in [0.05, 0.1) is 0 Å². The van der Waals surface area contributed by atoms with Gasteiger partial charge in [-0.25, -0.2) is 0 Å². The first-order valence-corrected chi connectivity index (χ1v) is 5.20. The third-order valence-electron chi connectivity index (χ3n) is 2.78. The van der Waals surface area contributed by atoms with Crippen molar-refractivity contribution >= 4 is 11.8 Å². The van der Waals surface area contributed by atoms with E-state index in [0.717, 1.165) is 0 Å². The fourth-order valence-electron chi connectivity index (χ4n) is 2.01. The summed E-state index contributed by atoms with van der Waals surface area (Å²) in [5.41, 5.74) is 0. The summed E-state index contributed by atoms with van der Waals surface area (Å²) >= 11 is 0. The van der Waals surface area contributed by atoms with Crippen molar-refractivity contribution in [2.45, 2.75) is 46.1 Å². The molecule has 0 radical (unpaired) electrons. The lowest BCUT2D eigenvalue weighted by Crippen LogP contribution is -2.33. The van der Waals surface area contributed by atoms with Gasteiger partial charge in [-0.05, 0) is 18.8 Å². The molecule has 0 aromatic heterocycles. The molecule has 0 amide bonds. The zero-order valence-electron chi connectivity index (χ0n) is 9.08. The second kappa shape index (κ2) is 4.58. The molecular weight excluding hydrogens is 180 g/mol. The van der Waals surface area contributed by atoms with E-state index < -0.39 is 0 Å². The molecule has 1 rings (SSSR count). The molecule has 0 aromatic carbocycles. The highest BCUT2D eigenvalue weighted by Gasteiger charge is 2.31. The largest absolute Gasteiger partial charge is 0.463 e. The van der Waals surface area contributed by atoms with E-state index >= 15 is 0 Å². The first kappa shape index (κ1) is 11.2. The van der Waals surface area contributed by atoms with Crippen LogP contribution in [0, 0.1) is 11.8 Å². The number of hydrogen-bond acceptors (Lipinski definition) is 3. The van der Waals surface area contributed by atoms with Crippen molar-refractivity contribution in [2.24, 2.45) is 11.8 Å². The van der Waals surface area contributed by atoms with Gasteiger partial charge in [-0.15, -0.1) is 0 Å². The molecule has 0 heterocycles. The van der Waals surface area contributed by atoms with E-state index in [0.29, 0.717) is 31.0 Å². The molecule has 14 heavy (non-hydrogen) atoms. The van der Waals surface area contributed by atoms with E-state index in [1.807, 2.05) is 13.8 Å². The maximum Gasteiger partial charge on any atom is 0.302 e. The quantitative estimate of drug-likeness (QED) is 0.637. The van der Waals surface area contributed by atoms with Crippen LogP contribution in [0.2, 0.25) is 0 Å². The Bertz CT molecular complexity index is 233. The van der Waals surface area contributed by atoms with E-state index in [-0.39, 0.29) is 18.0 Å². The summed E-state index contributed by atoms with van der Waals surface area (Å²) in [7, 11) is 0. The number of rotatable bonds is 2. The number of esters is 1. The molecular formula is C11H18O3. The lowest BCUT2D eigenvalue weighted by molar-refractivity contribution is -0.151. The van der Waals surface area contributed by atoms with Gasteiger partial charge in [0.25, 0.3) is 0 Å². The summed E-state index contributed by atoms with van der Waals surface area (Å²) in [6.07, 6.45) is 1.91. The molecule has 0 bridgehead atoms. The van der Waals surface area contributed by atoms with Crippen molar-refractivity contribution in [1.29, 1.82) is 0 Å². The molecule has 1 aliphatic carbocycles. The van der Waals surface area contributed by atoms with Gasteiger partial charge in [0, 0.05) is 19.3 Å². The van der Waals surface area contributed by atoms with Crippen molar-refractivity contribution in [3.63, 3.8) is 0 Å². The standard InChI is InChI=1S/C11H18O3/c1-7(2)10-6-9(14-8(3)12)4-5-11(10)13/h7,9-10H,4-6H2,1-3H3. The fourth-order valence-corrected chi connectivity index (χ4v) is 2.01. The molecule has 0 N–H and O–H groups in total. The van der Waals surface area contributed by atoms with Crippen LogP contribution in [0.3, 0.4) is 0 Å². The van der Waals surface area contributed by atoms with Gasteiger partial charge in [0.1, 0.15) is 11.9 Å². The van der Waals surface area contributed by atoms with Crippen LogP contribution >= 0.6 is 0 Å². The normalized spacial score (nSPS) is 27.9. The summed E-state index contributed by atoms with van der Waals surface area (Å²) in [5.74, 6) is 0.504. The van der Waals surface area contributed by atoms with Gasteiger partial charge < -0.3 is 4.74 Å². The summed E-state index contributed by atoms with van der Waals surface area (Å²) < 4.78 is 5.13. The van der Waals surface area contributed by atoms with Crippen LogP contribution in [0.1, 0.15) is 40.0 Å². The van der Waals surface area contributed by atoms with E-state index in [2.05, 4.69) is 0 Å². The van der Waals surface area contributed by atoms with Crippen LogP contribution in [0.15, 0.2) is 0 Å². The van der Waals surface area contributed by atoms with Gasteiger partial charge >= 0.3 is 5.97 Å². The van der Waals surface area contributed by atoms with Crippen LogP contribution in [-0.4, -0.2) is 17.9 Å². The van der Waals surface area contributed by atoms with Crippen LogP contribution in [0.25, 0.3) is 0 Å². The highest BCUT2D eigenvalue weighted by molar-refractivity contribution is 5.82. The fraction of sp³-hybridized carbons (Fsp3) is 0.818.